The molecule has 1 unspecified atom stereocenters. The molecule has 0 radical (unpaired) electrons. The molecule has 0 amide bonds. The first kappa shape index (κ1) is 12.3. The van der Waals surface area contributed by atoms with Crippen molar-refractivity contribution in [2.45, 2.75) is 19.1 Å². The lowest BCUT2D eigenvalue weighted by Crippen LogP contribution is -2.50. The number of morpholine rings is 1. The first-order valence-electron chi connectivity index (χ1n) is 5.68. The summed E-state index contributed by atoms with van der Waals surface area (Å²) in [6.07, 6.45) is 0. The normalized spacial score (nSPS) is 26.9. The number of rotatable bonds is 3. The van der Waals surface area contributed by atoms with E-state index in [1.165, 1.54) is 5.56 Å². The first-order chi connectivity index (χ1) is 7.72. The van der Waals surface area contributed by atoms with E-state index in [9.17, 15) is 0 Å². The molecule has 1 aromatic carbocycles. The molecular weight excluding hydrogens is 313 g/mol. The third kappa shape index (κ3) is 3.18. The SMILES string of the molecule is CC1(CI)CN(Cc2ccccc2)CCO1. The van der Waals surface area contributed by atoms with Crippen LogP contribution in [0.3, 0.4) is 0 Å². The molecule has 1 aromatic rings. The molecule has 0 bridgehead atoms. The van der Waals surface area contributed by atoms with Crippen LogP contribution in [0.1, 0.15) is 12.5 Å². The molecular formula is C13H18INO. The topological polar surface area (TPSA) is 12.5 Å². The summed E-state index contributed by atoms with van der Waals surface area (Å²) in [4.78, 5) is 2.48. The minimum Gasteiger partial charge on any atom is -0.372 e. The van der Waals surface area contributed by atoms with Crippen LogP contribution < -0.4 is 0 Å². The molecule has 1 heterocycles. The van der Waals surface area contributed by atoms with Gasteiger partial charge in [-0.05, 0) is 12.5 Å². The molecule has 0 aliphatic carbocycles. The minimum atomic E-state index is 0.0353. The van der Waals surface area contributed by atoms with E-state index in [0.717, 1.165) is 30.7 Å². The van der Waals surface area contributed by atoms with E-state index < -0.39 is 0 Å². The smallest absolute Gasteiger partial charge is 0.0870 e. The molecule has 0 spiro atoms. The molecule has 0 N–H and O–H groups in total. The van der Waals surface area contributed by atoms with Gasteiger partial charge in [0.05, 0.1) is 12.2 Å². The van der Waals surface area contributed by atoms with Gasteiger partial charge < -0.3 is 4.74 Å². The Morgan fingerprint density at radius 3 is 2.81 bits per heavy atom. The molecule has 1 saturated heterocycles. The summed E-state index contributed by atoms with van der Waals surface area (Å²) in [5.74, 6) is 0. The van der Waals surface area contributed by atoms with Crippen LogP contribution in [-0.2, 0) is 11.3 Å². The number of ether oxygens (including phenoxy) is 1. The highest BCUT2D eigenvalue weighted by molar-refractivity contribution is 14.1. The van der Waals surface area contributed by atoms with Crippen LogP contribution in [-0.4, -0.2) is 34.6 Å². The van der Waals surface area contributed by atoms with Gasteiger partial charge in [0.2, 0.25) is 0 Å². The highest BCUT2D eigenvalue weighted by Gasteiger charge is 2.30. The van der Waals surface area contributed by atoms with Gasteiger partial charge in [0.25, 0.3) is 0 Å². The van der Waals surface area contributed by atoms with Gasteiger partial charge in [0.15, 0.2) is 0 Å². The van der Waals surface area contributed by atoms with Gasteiger partial charge in [-0.1, -0.05) is 52.9 Å². The van der Waals surface area contributed by atoms with Crippen molar-refractivity contribution in [2.75, 3.05) is 24.1 Å². The van der Waals surface area contributed by atoms with Crippen LogP contribution in [0.5, 0.6) is 0 Å². The van der Waals surface area contributed by atoms with Crippen molar-refractivity contribution in [1.82, 2.24) is 4.90 Å². The third-order valence-corrected chi connectivity index (χ3v) is 4.56. The predicted octanol–water partition coefficient (Wildman–Crippen LogP) is 2.71. The fraction of sp³-hybridized carbons (Fsp3) is 0.538. The van der Waals surface area contributed by atoms with Crippen LogP contribution >= 0.6 is 22.6 Å². The van der Waals surface area contributed by atoms with Crippen molar-refractivity contribution in [3.8, 4) is 0 Å². The Kier molecular flexibility index (Phi) is 4.21. The van der Waals surface area contributed by atoms with Crippen molar-refractivity contribution in [1.29, 1.82) is 0 Å². The zero-order valence-corrected chi connectivity index (χ0v) is 11.8. The molecule has 1 aliphatic heterocycles. The Bertz CT molecular complexity index is 330. The van der Waals surface area contributed by atoms with Gasteiger partial charge in [-0.25, -0.2) is 0 Å². The Balaban J connectivity index is 1.96. The second-order valence-electron chi connectivity index (χ2n) is 4.63. The molecule has 2 rings (SSSR count). The van der Waals surface area contributed by atoms with E-state index in [1.54, 1.807) is 0 Å². The second kappa shape index (κ2) is 5.47. The standard InChI is InChI=1S/C13H18INO/c1-13(10-14)11-15(7-8-16-13)9-12-5-3-2-4-6-12/h2-6H,7-11H2,1H3. The lowest BCUT2D eigenvalue weighted by molar-refractivity contribution is -0.0834. The monoisotopic (exact) mass is 331 g/mol. The van der Waals surface area contributed by atoms with Gasteiger partial charge in [-0.2, -0.15) is 0 Å². The molecule has 3 heteroatoms. The summed E-state index contributed by atoms with van der Waals surface area (Å²) in [5, 5.41) is 0. The maximum atomic E-state index is 5.83. The lowest BCUT2D eigenvalue weighted by Gasteiger charge is -2.39. The highest BCUT2D eigenvalue weighted by atomic mass is 127. The van der Waals surface area contributed by atoms with E-state index in [-0.39, 0.29) is 5.60 Å². The highest BCUT2D eigenvalue weighted by Crippen LogP contribution is 2.21. The number of hydrogen-bond acceptors (Lipinski definition) is 2. The van der Waals surface area contributed by atoms with Crippen molar-refractivity contribution in [2.24, 2.45) is 0 Å². The summed E-state index contributed by atoms with van der Waals surface area (Å²) < 4.78 is 6.89. The van der Waals surface area contributed by atoms with Gasteiger partial charge >= 0.3 is 0 Å². The summed E-state index contributed by atoms with van der Waals surface area (Å²) in [6.45, 7) is 6.17. The van der Waals surface area contributed by atoms with E-state index in [2.05, 4.69) is 64.7 Å². The van der Waals surface area contributed by atoms with Gasteiger partial charge in [0, 0.05) is 24.1 Å². The fourth-order valence-electron chi connectivity index (χ4n) is 2.08. The van der Waals surface area contributed by atoms with Crippen LogP contribution in [0.15, 0.2) is 30.3 Å². The molecule has 0 saturated carbocycles. The minimum absolute atomic E-state index is 0.0353. The number of alkyl halides is 1. The number of halogens is 1. The number of nitrogens with zero attached hydrogens (tertiary/aromatic N) is 1. The molecule has 16 heavy (non-hydrogen) atoms. The zero-order valence-electron chi connectivity index (χ0n) is 9.66. The van der Waals surface area contributed by atoms with Crippen molar-refractivity contribution >= 4 is 22.6 Å². The molecule has 1 fully saturated rings. The van der Waals surface area contributed by atoms with Crippen LogP contribution in [0.2, 0.25) is 0 Å². The Labute approximate surface area is 111 Å². The third-order valence-electron chi connectivity index (χ3n) is 2.95. The summed E-state index contributed by atoms with van der Waals surface area (Å²) in [6, 6.07) is 10.7. The van der Waals surface area contributed by atoms with Crippen molar-refractivity contribution in [3.63, 3.8) is 0 Å². The lowest BCUT2D eigenvalue weighted by atomic mass is 10.1. The Hall–Kier alpha value is -0.130. The average Bonchev–Trinajstić information content (AvgIpc) is 2.30. The van der Waals surface area contributed by atoms with Gasteiger partial charge in [0.1, 0.15) is 0 Å². The van der Waals surface area contributed by atoms with Crippen LogP contribution in [0, 0.1) is 0 Å². The molecule has 1 aliphatic rings. The first-order valence-corrected chi connectivity index (χ1v) is 7.21. The quantitative estimate of drug-likeness (QED) is 0.624. The maximum absolute atomic E-state index is 5.83. The van der Waals surface area contributed by atoms with Gasteiger partial charge in [-0.15, -0.1) is 0 Å². The van der Waals surface area contributed by atoms with Crippen LogP contribution in [0.25, 0.3) is 0 Å². The van der Waals surface area contributed by atoms with Crippen molar-refractivity contribution in [3.05, 3.63) is 35.9 Å². The van der Waals surface area contributed by atoms with E-state index in [0.29, 0.717) is 0 Å². The number of hydrogen-bond donors (Lipinski definition) is 0. The Morgan fingerprint density at radius 1 is 1.38 bits per heavy atom. The van der Waals surface area contributed by atoms with E-state index >= 15 is 0 Å². The van der Waals surface area contributed by atoms with Crippen LogP contribution in [0.4, 0.5) is 0 Å². The molecule has 2 nitrogen and oxygen atoms in total. The average molecular weight is 331 g/mol. The summed E-state index contributed by atoms with van der Waals surface area (Å²) in [5.41, 5.74) is 1.42. The number of benzene rings is 1. The van der Waals surface area contributed by atoms with Gasteiger partial charge in [-0.3, -0.25) is 4.90 Å². The van der Waals surface area contributed by atoms with E-state index in [1.807, 2.05) is 0 Å². The Morgan fingerprint density at radius 2 is 2.12 bits per heavy atom. The predicted molar refractivity (Wildman–Crippen MR) is 75.0 cm³/mol. The fourth-order valence-corrected chi connectivity index (χ4v) is 2.54. The molecule has 88 valence electrons. The zero-order chi connectivity index (χ0) is 11.4. The molecule has 0 aromatic heterocycles. The van der Waals surface area contributed by atoms with E-state index in [4.69, 9.17) is 4.74 Å². The largest absolute Gasteiger partial charge is 0.372 e. The maximum Gasteiger partial charge on any atom is 0.0870 e. The summed E-state index contributed by atoms with van der Waals surface area (Å²) >= 11 is 2.41. The molecule has 1 atom stereocenters. The second-order valence-corrected chi connectivity index (χ2v) is 5.39. The van der Waals surface area contributed by atoms with Crippen molar-refractivity contribution < 1.29 is 4.74 Å². The summed E-state index contributed by atoms with van der Waals surface area (Å²) in [7, 11) is 0.